The summed E-state index contributed by atoms with van der Waals surface area (Å²) in [7, 11) is -3.42. The Labute approximate surface area is 209 Å². The zero-order chi connectivity index (χ0) is 25.3. The lowest BCUT2D eigenvalue weighted by molar-refractivity contribution is 0.102. The van der Waals surface area contributed by atoms with Crippen molar-refractivity contribution >= 4 is 32.5 Å². The van der Waals surface area contributed by atoms with Crippen LogP contribution >= 0.6 is 0 Å². The van der Waals surface area contributed by atoms with Gasteiger partial charge in [-0.3, -0.25) is 4.79 Å². The Bertz CT molecular complexity index is 1680. The minimum atomic E-state index is -3.42. The van der Waals surface area contributed by atoms with Gasteiger partial charge in [-0.25, -0.2) is 18.1 Å². The molecule has 0 aliphatic carbocycles. The summed E-state index contributed by atoms with van der Waals surface area (Å²) < 4.78 is 25.9. The van der Waals surface area contributed by atoms with Gasteiger partial charge < -0.3 is 5.32 Å². The molecule has 5 aromatic rings. The molecule has 0 unspecified atom stereocenters. The van der Waals surface area contributed by atoms with Crippen LogP contribution in [0.2, 0.25) is 0 Å². The summed E-state index contributed by atoms with van der Waals surface area (Å²) in [5.41, 5.74) is 4.76. The maximum absolute atomic E-state index is 13.6. The first-order valence-corrected chi connectivity index (χ1v) is 13.3. The number of fused-ring (bicyclic) bond motifs is 1. The van der Waals surface area contributed by atoms with E-state index >= 15 is 0 Å². The van der Waals surface area contributed by atoms with Gasteiger partial charge in [0.05, 0.1) is 34.3 Å². The van der Waals surface area contributed by atoms with Crippen LogP contribution in [0, 0.1) is 6.92 Å². The number of aryl methyl sites for hydroxylation is 1. The third-order valence-electron chi connectivity index (χ3n) is 5.98. The van der Waals surface area contributed by atoms with Gasteiger partial charge in [-0.15, -0.1) is 0 Å². The second-order valence-corrected chi connectivity index (χ2v) is 10.7. The van der Waals surface area contributed by atoms with Crippen molar-refractivity contribution in [3.8, 4) is 11.3 Å². The molecule has 0 fully saturated rings. The molecule has 0 aliphatic rings. The van der Waals surface area contributed by atoms with Crippen LogP contribution in [-0.2, 0) is 16.4 Å². The zero-order valence-electron chi connectivity index (χ0n) is 19.8. The largest absolute Gasteiger partial charge is 0.322 e. The molecule has 1 N–H and O–H groups in total. The Kier molecular flexibility index (Phi) is 6.12. The van der Waals surface area contributed by atoms with E-state index in [1.807, 2.05) is 67.6 Å². The van der Waals surface area contributed by atoms with Crippen molar-refractivity contribution in [3.63, 3.8) is 0 Å². The number of benzene rings is 3. The Morgan fingerprint density at radius 1 is 0.944 bits per heavy atom. The smallest absolute Gasteiger partial charge is 0.256 e. The Morgan fingerprint density at radius 2 is 1.64 bits per heavy atom. The Hall–Kier alpha value is -4.30. The number of aromatic nitrogens is 3. The number of hydrogen-bond acceptors (Lipinski definition) is 5. The molecular weight excluding hydrogens is 472 g/mol. The molecule has 0 aliphatic heterocycles. The molecule has 0 spiro atoms. The normalized spacial score (nSPS) is 11.5. The lowest BCUT2D eigenvalue weighted by atomic mass is 10.1. The summed E-state index contributed by atoms with van der Waals surface area (Å²) in [5, 5.41) is 8.05. The lowest BCUT2D eigenvalue weighted by Gasteiger charge is -2.12. The van der Waals surface area contributed by atoms with Crippen molar-refractivity contribution in [3.05, 3.63) is 108 Å². The van der Waals surface area contributed by atoms with E-state index in [4.69, 9.17) is 4.98 Å². The van der Waals surface area contributed by atoms with Gasteiger partial charge in [-0.2, -0.15) is 5.10 Å². The fourth-order valence-corrected chi connectivity index (χ4v) is 4.67. The molecule has 0 radical (unpaired) electrons. The van der Waals surface area contributed by atoms with Crippen LogP contribution in [0.5, 0.6) is 0 Å². The van der Waals surface area contributed by atoms with Gasteiger partial charge in [-0.1, -0.05) is 66.7 Å². The molecule has 0 saturated carbocycles. The molecule has 3 aromatic carbocycles. The highest BCUT2D eigenvalue weighted by atomic mass is 32.2. The first kappa shape index (κ1) is 23.4. The Balaban J connectivity index is 1.61. The van der Waals surface area contributed by atoms with E-state index in [9.17, 15) is 13.2 Å². The molecule has 180 valence electrons. The summed E-state index contributed by atoms with van der Waals surface area (Å²) in [5.74, 6) is -0.368. The van der Waals surface area contributed by atoms with Crippen LogP contribution in [0.15, 0.2) is 96.0 Å². The molecule has 0 saturated heterocycles. The predicted molar refractivity (Wildman–Crippen MR) is 141 cm³/mol. The maximum atomic E-state index is 13.6. The van der Waals surface area contributed by atoms with Crippen LogP contribution in [0.4, 0.5) is 5.69 Å². The average molecular weight is 497 g/mol. The minimum absolute atomic E-state index is 0.143. The number of pyridine rings is 1. The highest BCUT2D eigenvalue weighted by Gasteiger charge is 2.19. The number of amides is 1. The van der Waals surface area contributed by atoms with E-state index < -0.39 is 9.84 Å². The van der Waals surface area contributed by atoms with E-state index in [0.717, 1.165) is 22.9 Å². The van der Waals surface area contributed by atoms with Crippen molar-refractivity contribution in [2.45, 2.75) is 18.4 Å². The van der Waals surface area contributed by atoms with Gasteiger partial charge >= 0.3 is 0 Å². The van der Waals surface area contributed by atoms with Crippen LogP contribution in [0.25, 0.3) is 22.3 Å². The van der Waals surface area contributed by atoms with Gasteiger partial charge in [0.25, 0.3) is 5.91 Å². The molecule has 0 bridgehead atoms. The number of anilines is 1. The van der Waals surface area contributed by atoms with E-state index in [0.29, 0.717) is 34.5 Å². The highest BCUT2D eigenvalue weighted by Crippen LogP contribution is 2.27. The van der Waals surface area contributed by atoms with Gasteiger partial charge in [0, 0.05) is 17.5 Å². The van der Waals surface area contributed by atoms with E-state index in [-0.39, 0.29) is 10.8 Å². The molecular formula is C28H24N4O3S. The molecule has 7 nitrogen and oxygen atoms in total. The quantitative estimate of drug-likeness (QED) is 0.353. The first-order valence-electron chi connectivity index (χ1n) is 11.4. The molecule has 0 atom stereocenters. The molecule has 2 aromatic heterocycles. The molecule has 36 heavy (non-hydrogen) atoms. The van der Waals surface area contributed by atoms with Crippen LogP contribution in [0.3, 0.4) is 0 Å². The number of carbonyl (C=O) groups excluding carboxylic acids is 1. The third kappa shape index (κ3) is 4.76. The first-order chi connectivity index (χ1) is 17.3. The van der Waals surface area contributed by atoms with Crippen molar-refractivity contribution < 1.29 is 13.2 Å². The zero-order valence-corrected chi connectivity index (χ0v) is 20.7. The lowest BCUT2D eigenvalue weighted by Crippen LogP contribution is -2.14. The van der Waals surface area contributed by atoms with Gasteiger partial charge in [-0.05, 0) is 36.2 Å². The van der Waals surface area contributed by atoms with Crippen molar-refractivity contribution in [1.29, 1.82) is 0 Å². The second kappa shape index (κ2) is 9.39. The number of nitrogens with zero attached hydrogens (tertiary/aromatic N) is 3. The summed E-state index contributed by atoms with van der Waals surface area (Å²) >= 11 is 0. The van der Waals surface area contributed by atoms with Gasteiger partial charge in [0.1, 0.15) is 0 Å². The fraction of sp³-hybridized carbons (Fsp3) is 0.107. The van der Waals surface area contributed by atoms with Crippen molar-refractivity contribution in [2.24, 2.45) is 0 Å². The molecule has 8 heteroatoms. The van der Waals surface area contributed by atoms with Crippen molar-refractivity contribution in [2.75, 3.05) is 11.6 Å². The summed E-state index contributed by atoms with van der Waals surface area (Å²) in [6, 6.07) is 26.0. The van der Waals surface area contributed by atoms with Crippen LogP contribution in [0.1, 0.15) is 21.5 Å². The molecule has 5 rings (SSSR count). The van der Waals surface area contributed by atoms with E-state index in [1.165, 1.54) is 12.1 Å². The average Bonchev–Trinajstić information content (AvgIpc) is 3.27. The maximum Gasteiger partial charge on any atom is 0.256 e. The fourth-order valence-electron chi connectivity index (χ4n) is 4.02. The van der Waals surface area contributed by atoms with E-state index in [2.05, 4.69) is 10.4 Å². The number of sulfone groups is 1. The van der Waals surface area contributed by atoms with Crippen LogP contribution in [-0.4, -0.2) is 35.3 Å². The topological polar surface area (TPSA) is 93.9 Å². The highest BCUT2D eigenvalue weighted by molar-refractivity contribution is 7.90. The predicted octanol–water partition coefficient (Wildman–Crippen LogP) is 5.11. The number of rotatable bonds is 6. The third-order valence-corrected chi connectivity index (χ3v) is 7.09. The number of hydrogen-bond donors (Lipinski definition) is 1. The second-order valence-electron chi connectivity index (χ2n) is 8.65. The van der Waals surface area contributed by atoms with E-state index in [1.54, 1.807) is 23.0 Å². The standard InChI is InChI=1S/C28H24N4O3S/c1-19-13-14-22(36(2,34)35)15-25(19)31-28(33)23-16-26(21-11-7-4-8-12-21)30-27-24(23)17-29-32(27)18-20-9-5-3-6-10-20/h3-17H,18H2,1-2H3,(H,31,33). The number of nitrogens with one attached hydrogen (secondary N) is 1. The summed E-state index contributed by atoms with van der Waals surface area (Å²) in [4.78, 5) is 18.6. The number of carbonyl (C=O) groups is 1. The van der Waals surface area contributed by atoms with Crippen molar-refractivity contribution in [1.82, 2.24) is 14.8 Å². The van der Waals surface area contributed by atoms with Gasteiger partial charge in [0.15, 0.2) is 15.5 Å². The molecule has 1 amide bonds. The molecule has 2 heterocycles. The monoisotopic (exact) mass is 496 g/mol. The minimum Gasteiger partial charge on any atom is -0.322 e. The summed E-state index contributed by atoms with van der Waals surface area (Å²) in [6.45, 7) is 2.32. The summed E-state index contributed by atoms with van der Waals surface area (Å²) in [6.07, 6.45) is 2.79. The van der Waals surface area contributed by atoms with Crippen LogP contribution < -0.4 is 5.32 Å². The Morgan fingerprint density at radius 3 is 2.33 bits per heavy atom. The SMILES string of the molecule is Cc1ccc(S(C)(=O)=O)cc1NC(=O)c1cc(-c2ccccc2)nc2c1cnn2Cc1ccccc1. The van der Waals surface area contributed by atoms with Gasteiger partial charge in [0.2, 0.25) is 0 Å².